The maximum Gasteiger partial charge on any atom is 0.389 e. The molecule has 11 heteroatoms. The van der Waals surface area contributed by atoms with Crippen molar-refractivity contribution < 1.29 is 25.7 Å². The first-order valence-electron chi connectivity index (χ1n) is 15.0. The summed E-state index contributed by atoms with van der Waals surface area (Å²) in [5, 5.41) is 0. The molecule has 220 valence electrons. The smallest absolute Gasteiger partial charge is 0.389 e. The highest BCUT2D eigenvalue weighted by atomic mass is 28.5. The maximum absolute atomic E-state index is 12.0. The average molecular weight is 609 g/mol. The maximum atomic E-state index is 12.0. The Balaban J connectivity index is 6.51. The average Bonchev–Trinajstić information content (AvgIpc) is 2.94. The van der Waals surface area contributed by atoms with Crippen LogP contribution in [0.15, 0.2) is 12.3 Å². The minimum absolute atomic E-state index is 0.146. The van der Waals surface area contributed by atoms with Gasteiger partial charge in [-0.2, -0.15) is 0 Å². The van der Waals surface area contributed by atoms with E-state index in [-0.39, 0.29) is 11.5 Å². The van der Waals surface area contributed by atoms with Crippen LogP contribution in [0, 0.1) is 0 Å². The highest BCUT2D eigenvalue weighted by Crippen LogP contribution is 2.39. The molecule has 0 unspecified atom stereocenters. The lowest BCUT2D eigenvalue weighted by atomic mass is 10.4. The van der Waals surface area contributed by atoms with Crippen LogP contribution in [0.3, 0.4) is 0 Å². The fraction of sp³-hybridized carbons (Fsp3) is 0.885. The van der Waals surface area contributed by atoms with E-state index >= 15 is 0 Å². The Morgan fingerprint density at radius 3 is 1.00 bits per heavy atom. The minimum Gasteiger partial charge on any atom is -0.518 e. The molecule has 0 heterocycles. The molecule has 0 aliphatic heterocycles. The first-order valence-corrected chi connectivity index (χ1v) is 26.5. The molecule has 0 saturated heterocycles. The summed E-state index contributed by atoms with van der Waals surface area (Å²) < 4.78 is 35.4. The largest absolute Gasteiger partial charge is 0.518 e. The molecule has 0 aromatic rings. The Kier molecular flexibility index (Phi) is 16.5. The van der Waals surface area contributed by atoms with Gasteiger partial charge in [-0.3, -0.25) is 4.79 Å². The molecular weight excluding hydrogens is 549 g/mol. The lowest BCUT2D eigenvalue weighted by molar-refractivity contribution is -0.115. The quantitative estimate of drug-likeness (QED) is 0.0694. The normalized spacial score (nSPS) is 13.6. The molecule has 0 atom stereocenters. The fourth-order valence-corrected chi connectivity index (χ4v) is 32.2. The number of Topliss-reactive ketones (excluding diaryl/α,β-unsaturated/α-hetero) is 1. The zero-order valence-corrected chi connectivity index (χ0v) is 31.4. The second kappa shape index (κ2) is 16.4. The fourth-order valence-electron chi connectivity index (χ4n) is 4.91. The van der Waals surface area contributed by atoms with E-state index in [9.17, 15) is 4.79 Å². The molecule has 0 aliphatic rings. The number of hydrogen-bond donors (Lipinski definition) is 0. The number of allylic oxidation sites excluding steroid dienone is 1. The van der Waals surface area contributed by atoms with Crippen LogP contribution in [0.4, 0.5) is 0 Å². The Morgan fingerprint density at radius 1 is 0.486 bits per heavy atom. The van der Waals surface area contributed by atoms with Crippen LogP contribution in [0.25, 0.3) is 0 Å². The van der Waals surface area contributed by atoms with Gasteiger partial charge in [0.05, 0.1) is 0 Å². The molecule has 37 heavy (non-hydrogen) atoms. The van der Waals surface area contributed by atoms with E-state index in [2.05, 4.69) is 82.7 Å². The van der Waals surface area contributed by atoms with Gasteiger partial charge in [0.2, 0.25) is 0 Å². The predicted octanol–water partition coefficient (Wildman–Crippen LogP) is 9.11. The predicted molar refractivity (Wildman–Crippen MR) is 169 cm³/mol. The van der Waals surface area contributed by atoms with Crippen LogP contribution < -0.4 is 0 Å². The van der Waals surface area contributed by atoms with Crippen LogP contribution >= 0.6 is 0 Å². The van der Waals surface area contributed by atoms with Gasteiger partial charge in [0.15, 0.2) is 14.1 Å². The zero-order valence-electron chi connectivity index (χ0n) is 26.4. The highest BCUT2D eigenvalue weighted by Gasteiger charge is 2.55. The van der Waals surface area contributed by atoms with E-state index in [1.54, 1.807) is 0 Å². The number of rotatable bonds is 22. The molecular formula is C26H60O6Si5. The van der Waals surface area contributed by atoms with E-state index in [1.807, 2.05) is 0 Å². The second-order valence-corrected chi connectivity index (χ2v) is 31.1. The summed E-state index contributed by atoms with van der Waals surface area (Å²) in [6.45, 7) is 29.7. The SMILES string of the molecule is C=C(O[Si](CC)(CC)O[Si](CC)(CC)O[Si](CC)(CC)O[Si](CC)(CC)O[Si](CC)(CC)CC)C(C)=O. The van der Waals surface area contributed by atoms with Crippen molar-refractivity contribution in [1.82, 2.24) is 0 Å². The van der Waals surface area contributed by atoms with E-state index in [1.165, 1.54) is 6.92 Å². The summed E-state index contributed by atoms with van der Waals surface area (Å²) in [5.41, 5.74) is 0. The minimum atomic E-state index is -2.73. The standard InChI is InChI=1S/C26H60O6Si5/c1-14-33(15-2,16-3)29-35(19-6,20-7)31-37(23-10,24-11)32-36(21-8,22-9)30-34(17-4,18-5)28-26(13)25(12)27/h13-24H2,1-12H3. The Bertz CT molecular complexity index is 677. The van der Waals surface area contributed by atoms with Gasteiger partial charge < -0.3 is 20.9 Å². The van der Waals surface area contributed by atoms with Gasteiger partial charge in [0.1, 0.15) is 5.76 Å². The van der Waals surface area contributed by atoms with Crippen molar-refractivity contribution in [1.29, 1.82) is 0 Å². The summed E-state index contributed by atoms with van der Waals surface area (Å²) in [6.07, 6.45) is 0. The van der Waals surface area contributed by atoms with Gasteiger partial charge >= 0.3 is 34.2 Å². The third kappa shape index (κ3) is 9.63. The van der Waals surface area contributed by atoms with Crippen molar-refractivity contribution in [2.24, 2.45) is 0 Å². The topological polar surface area (TPSA) is 63.2 Å². The number of carbonyl (C=O) groups is 1. The molecule has 0 N–H and O–H groups in total. The van der Waals surface area contributed by atoms with Crippen molar-refractivity contribution in [2.75, 3.05) is 0 Å². The second-order valence-electron chi connectivity index (χ2n) is 10.2. The number of carbonyl (C=O) groups excluding carboxylic acids is 1. The summed E-state index contributed by atoms with van der Waals surface area (Å²) in [6, 6.07) is 10.1. The molecule has 0 radical (unpaired) electrons. The van der Waals surface area contributed by atoms with Crippen LogP contribution in [0.5, 0.6) is 0 Å². The highest BCUT2D eigenvalue weighted by molar-refractivity contribution is 6.92. The molecule has 0 aromatic heterocycles. The third-order valence-electron chi connectivity index (χ3n) is 8.46. The van der Waals surface area contributed by atoms with E-state index in [0.29, 0.717) is 0 Å². The first-order chi connectivity index (χ1) is 17.3. The van der Waals surface area contributed by atoms with E-state index in [0.717, 1.165) is 66.5 Å². The monoisotopic (exact) mass is 608 g/mol. The molecule has 0 aliphatic carbocycles. The third-order valence-corrected chi connectivity index (χ3v) is 33.7. The first kappa shape index (κ1) is 37.1. The molecule has 6 nitrogen and oxygen atoms in total. The molecule has 0 amide bonds. The molecule has 0 saturated carbocycles. The van der Waals surface area contributed by atoms with E-state index < -0.39 is 42.6 Å². The van der Waals surface area contributed by atoms with Crippen molar-refractivity contribution in [2.45, 2.75) is 150 Å². The van der Waals surface area contributed by atoms with Crippen molar-refractivity contribution in [3.8, 4) is 0 Å². The zero-order chi connectivity index (χ0) is 29.0. The summed E-state index contributed by atoms with van der Waals surface area (Å²) >= 11 is 0. The van der Waals surface area contributed by atoms with Crippen molar-refractivity contribution in [3.05, 3.63) is 12.3 Å². The van der Waals surface area contributed by atoms with Crippen LogP contribution in [0.2, 0.25) is 66.5 Å². The van der Waals surface area contributed by atoms with Crippen molar-refractivity contribution >= 4 is 48.3 Å². The van der Waals surface area contributed by atoms with Gasteiger partial charge in [-0.15, -0.1) is 0 Å². The summed E-state index contributed by atoms with van der Waals surface area (Å²) in [4.78, 5) is 12.0. The van der Waals surface area contributed by atoms with Gasteiger partial charge in [-0.05, 0) is 66.5 Å². The Labute approximate surface area is 235 Å². The van der Waals surface area contributed by atoms with E-state index in [4.69, 9.17) is 20.9 Å². The Morgan fingerprint density at radius 2 is 0.757 bits per heavy atom. The molecule has 0 aromatic carbocycles. The summed E-state index contributed by atoms with van der Waals surface area (Å²) in [7, 11) is -12.4. The van der Waals surface area contributed by atoms with Gasteiger partial charge in [-0.1, -0.05) is 82.7 Å². The van der Waals surface area contributed by atoms with Crippen LogP contribution in [0.1, 0.15) is 83.1 Å². The number of ketones is 1. The van der Waals surface area contributed by atoms with Gasteiger partial charge in [-0.25, -0.2) is 0 Å². The van der Waals surface area contributed by atoms with Crippen LogP contribution in [-0.4, -0.2) is 48.3 Å². The lowest BCUT2D eigenvalue weighted by Crippen LogP contribution is -2.64. The van der Waals surface area contributed by atoms with Gasteiger partial charge in [0.25, 0.3) is 0 Å². The summed E-state index contributed by atoms with van der Waals surface area (Å²) in [5.74, 6) is 0.0555. The van der Waals surface area contributed by atoms with Crippen LogP contribution in [-0.2, 0) is 25.7 Å². The van der Waals surface area contributed by atoms with Gasteiger partial charge in [0, 0.05) is 6.92 Å². The van der Waals surface area contributed by atoms with Crippen molar-refractivity contribution in [3.63, 3.8) is 0 Å². The molecule has 0 rings (SSSR count). The molecule has 0 fully saturated rings. The molecule has 0 bridgehead atoms. The molecule has 0 spiro atoms. The number of hydrogen-bond acceptors (Lipinski definition) is 6. The Hall–Kier alpha value is 0.134. The lowest BCUT2D eigenvalue weighted by Gasteiger charge is -2.48.